The van der Waals surface area contributed by atoms with E-state index >= 15 is 0 Å². The quantitative estimate of drug-likeness (QED) is 0.102. The first-order chi connectivity index (χ1) is 56.5. The van der Waals surface area contributed by atoms with Crippen molar-refractivity contribution in [1.82, 2.24) is 0 Å². The minimum Gasteiger partial charge on any atom is -0.454 e. The van der Waals surface area contributed by atoms with Gasteiger partial charge in [0.25, 0.3) is 0 Å². The summed E-state index contributed by atoms with van der Waals surface area (Å²) in [5.41, 5.74) is 33.1. The van der Waals surface area contributed by atoms with Crippen LogP contribution in [0.25, 0.3) is 120 Å². The maximum Gasteiger partial charge on any atom is 0.159 e. The van der Waals surface area contributed by atoms with Crippen molar-refractivity contribution in [2.45, 2.75) is 10.8 Å². The van der Waals surface area contributed by atoms with Crippen molar-refractivity contribution in [3.8, 4) is 77.9 Å². The van der Waals surface area contributed by atoms with Gasteiger partial charge in [-0.1, -0.05) is 358 Å². The van der Waals surface area contributed by atoms with Crippen LogP contribution in [0.1, 0.15) is 44.5 Å². The van der Waals surface area contributed by atoms with Gasteiger partial charge in [-0.25, -0.2) is 0 Å². The van der Waals surface area contributed by atoms with E-state index in [9.17, 15) is 0 Å². The Bertz CT molecular complexity index is 6990. The Kier molecular flexibility index (Phi) is 15.9. The molecular formula is C110H72N2OS. The van der Waals surface area contributed by atoms with Gasteiger partial charge in [-0.2, -0.15) is 0 Å². The van der Waals surface area contributed by atoms with Crippen molar-refractivity contribution >= 4 is 87.6 Å². The van der Waals surface area contributed by atoms with Crippen molar-refractivity contribution in [3.05, 3.63) is 481 Å². The molecule has 22 rings (SSSR count). The molecule has 20 aromatic rings. The number of anilines is 6. The van der Waals surface area contributed by atoms with Gasteiger partial charge in [-0.15, -0.1) is 11.3 Å². The first-order valence-electron chi connectivity index (χ1n) is 39.3. The van der Waals surface area contributed by atoms with Gasteiger partial charge in [0.2, 0.25) is 0 Å². The van der Waals surface area contributed by atoms with Gasteiger partial charge in [-0.05, 0) is 190 Å². The van der Waals surface area contributed by atoms with E-state index < -0.39 is 10.8 Å². The van der Waals surface area contributed by atoms with Crippen LogP contribution in [0.15, 0.2) is 441 Å². The molecule has 0 N–H and O–H groups in total. The zero-order chi connectivity index (χ0) is 75.3. The minimum atomic E-state index is -0.597. The minimum absolute atomic E-state index is 0.591. The fourth-order valence-corrected chi connectivity index (χ4v) is 20.2. The number of hydrogen-bond acceptors (Lipinski definition) is 4. The van der Waals surface area contributed by atoms with Crippen molar-refractivity contribution in [3.63, 3.8) is 0 Å². The summed E-state index contributed by atoms with van der Waals surface area (Å²) < 4.78 is 9.80. The normalized spacial score (nSPS) is 12.9. The Morgan fingerprint density at radius 2 is 0.579 bits per heavy atom. The average molecular weight is 1470 g/mol. The summed E-state index contributed by atoms with van der Waals surface area (Å²) in [6.45, 7) is 0. The van der Waals surface area contributed by atoms with E-state index in [1.165, 1.54) is 104 Å². The van der Waals surface area contributed by atoms with Crippen LogP contribution in [0, 0.1) is 0 Å². The molecule has 2 aliphatic rings. The van der Waals surface area contributed by atoms with E-state index in [4.69, 9.17) is 4.42 Å². The van der Waals surface area contributed by atoms with Gasteiger partial charge in [-0.3, -0.25) is 0 Å². The molecule has 0 saturated heterocycles. The molecule has 2 aliphatic carbocycles. The highest BCUT2D eigenvalue weighted by molar-refractivity contribution is 7.26. The third-order valence-corrected chi connectivity index (χ3v) is 25.3. The molecule has 0 amide bonds. The summed E-state index contributed by atoms with van der Waals surface area (Å²) in [4.78, 5) is 4.92. The second-order valence-electron chi connectivity index (χ2n) is 30.1. The lowest BCUT2D eigenvalue weighted by Gasteiger charge is -2.35. The van der Waals surface area contributed by atoms with Crippen LogP contribution >= 0.6 is 11.3 Å². The Labute approximate surface area is 667 Å². The van der Waals surface area contributed by atoms with E-state index in [1.807, 2.05) is 11.3 Å². The summed E-state index contributed by atoms with van der Waals surface area (Å²) in [6, 6.07) is 162. The van der Waals surface area contributed by atoms with Crippen molar-refractivity contribution in [2.75, 3.05) is 9.80 Å². The Morgan fingerprint density at radius 3 is 1.15 bits per heavy atom. The highest BCUT2D eigenvalue weighted by atomic mass is 32.1. The lowest BCUT2D eigenvalue weighted by Crippen LogP contribution is -2.28. The Hall–Kier alpha value is -14.4. The van der Waals surface area contributed by atoms with Crippen LogP contribution in [0.3, 0.4) is 0 Å². The van der Waals surface area contributed by atoms with Crippen LogP contribution in [0.5, 0.6) is 0 Å². The second kappa shape index (κ2) is 27.3. The van der Waals surface area contributed by atoms with E-state index in [-0.39, 0.29) is 0 Å². The molecule has 0 atom stereocenters. The van der Waals surface area contributed by atoms with Gasteiger partial charge in [0.15, 0.2) is 5.58 Å². The molecule has 0 spiro atoms. The summed E-state index contributed by atoms with van der Waals surface area (Å²) in [6.07, 6.45) is 0. The molecule has 0 bridgehead atoms. The summed E-state index contributed by atoms with van der Waals surface area (Å²) in [5.74, 6) is 0. The zero-order valence-electron chi connectivity index (χ0n) is 62.3. The SMILES string of the molecule is c1ccc(-c2ccc(-c3ccc(N(c4ccc5c(c4)C(c4ccccc4)(c4ccccc4)c4ccccc4-5)c4cccc5c4oc4ccc(-c6ccc(-c7cccc(N(c8ccc9c(c8)C(c8ccccc8)(c8ccccc8)c8ccccc8-9)c8ccccc8-c8cccc9c8sc8ccccc89)c7)cc6)cc45)cc3)cc2)cc1. The molecule has 534 valence electrons. The maximum atomic E-state index is 7.24. The fourth-order valence-electron chi connectivity index (χ4n) is 19.0. The van der Waals surface area contributed by atoms with Crippen molar-refractivity contribution < 1.29 is 4.42 Å². The fraction of sp³-hybridized carbons (Fsp3) is 0.0182. The summed E-state index contributed by atoms with van der Waals surface area (Å²) in [5, 5.41) is 4.65. The van der Waals surface area contributed by atoms with Crippen LogP contribution in [0.2, 0.25) is 0 Å². The van der Waals surface area contributed by atoms with Crippen LogP contribution < -0.4 is 9.80 Å². The molecule has 0 aliphatic heterocycles. The molecule has 18 aromatic carbocycles. The number of hydrogen-bond donors (Lipinski definition) is 0. The highest BCUT2D eigenvalue weighted by Crippen LogP contribution is 2.60. The van der Waals surface area contributed by atoms with Gasteiger partial charge < -0.3 is 14.2 Å². The number of fused-ring (bicyclic) bond motifs is 12. The molecule has 114 heavy (non-hydrogen) atoms. The molecule has 2 aromatic heterocycles. The van der Waals surface area contributed by atoms with Crippen molar-refractivity contribution in [2.24, 2.45) is 0 Å². The Balaban J connectivity index is 0.654. The predicted molar refractivity (Wildman–Crippen MR) is 478 cm³/mol. The number of thiophene rings is 1. The second-order valence-corrected chi connectivity index (χ2v) is 31.1. The van der Waals surface area contributed by atoms with Gasteiger partial charge in [0.05, 0.1) is 22.2 Å². The maximum absolute atomic E-state index is 7.24. The first-order valence-corrected chi connectivity index (χ1v) is 40.1. The van der Waals surface area contributed by atoms with E-state index in [1.54, 1.807) is 0 Å². The monoisotopic (exact) mass is 1470 g/mol. The Morgan fingerprint density at radius 1 is 0.211 bits per heavy atom. The standard InChI is InChI=1S/C110H72N2OS/c1-6-27-73(28-7-1)74-51-53-75(54-52-74)76-59-62-85(63-60-76)111(87-64-66-91-89-39-16-20-46-99(89)109(101(91)71-87,81-30-8-2-9-31-81)82-32-10-3-11-33-82)104-49-26-43-95-98-70-80(61-68-105(98)113-107(95)104)78-57-55-77(56-58-78)79-29-24-38-86(69-79)112(103-48-22-18-41-93(103)96-44-25-45-97-94-42-19-23-50-106(94)114-108(96)97)88-65-67-92-90-40-17-21-47-100(90)110(102(92)72-88,83-34-12-4-13-35-83)84-36-14-5-15-37-84/h1-72H. The molecule has 3 nitrogen and oxygen atoms in total. The topological polar surface area (TPSA) is 19.6 Å². The van der Waals surface area contributed by atoms with Crippen LogP contribution in [0.4, 0.5) is 34.1 Å². The molecule has 0 fully saturated rings. The van der Waals surface area contributed by atoms with Gasteiger partial charge in [0.1, 0.15) is 5.58 Å². The summed E-state index contributed by atoms with van der Waals surface area (Å²) >= 11 is 1.87. The van der Waals surface area contributed by atoms with Crippen LogP contribution in [-0.4, -0.2) is 0 Å². The number of furan rings is 1. The zero-order valence-corrected chi connectivity index (χ0v) is 63.1. The van der Waals surface area contributed by atoms with Gasteiger partial charge >= 0.3 is 0 Å². The molecule has 4 heteroatoms. The van der Waals surface area contributed by atoms with E-state index in [0.717, 1.165) is 95.0 Å². The first kappa shape index (κ1) is 66.6. The largest absolute Gasteiger partial charge is 0.454 e. The predicted octanol–water partition coefficient (Wildman–Crippen LogP) is 30.0. The molecular weight excluding hydrogens is 1400 g/mol. The molecule has 0 radical (unpaired) electrons. The number of nitrogens with zero attached hydrogens (tertiary/aromatic N) is 2. The number of benzene rings is 18. The highest BCUT2D eigenvalue weighted by Gasteiger charge is 2.48. The lowest BCUT2D eigenvalue weighted by molar-refractivity contribution is 0.669. The lowest BCUT2D eigenvalue weighted by atomic mass is 9.67. The number of para-hydroxylation sites is 2. The molecule has 0 saturated carbocycles. The van der Waals surface area contributed by atoms with Gasteiger partial charge in [0, 0.05) is 64.8 Å². The van der Waals surface area contributed by atoms with E-state index in [2.05, 4.69) is 447 Å². The van der Waals surface area contributed by atoms with Crippen LogP contribution in [-0.2, 0) is 10.8 Å². The third-order valence-electron chi connectivity index (χ3n) is 24.1. The summed E-state index contributed by atoms with van der Waals surface area (Å²) in [7, 11) is 0. The number of rotatable bonds is 15. The average Bonchev–Trinajstić information content (AvgIpc) is 1.53. The van der Waals surface area contributed by atoms with E-state index in [0.29, 0.717) is 0 Å². The smallest absolute Gasteiger partial charge is 0.159 e. The molecule has 2 heterocycles. The third kappa shape index (κ3) is 10.6. The molecule has 0 unspecified atom stereocenters. The van der Waals surface area contributed by atoms with Crippen molar-refractivity contribution in [1.29, 1.82) is 0 Å².